The van der Waals surface area contributed by atoms with Crippen LogP contribution in [0.15, 0.2) is 12.4 Å². The minimum atomic E-state index is -1.47. The molecule has 0 aliphatic carbocycles. The van der Waals surface area contributed by atoms with E-state index in [1.165, 1.54) is 6.20 Å². The van der Waals surface area contributed by atoms with Crippen molar-refractivity contribution in [2.24, 2.45) is 0 Å². The molecule has 0 aliphatic rings. The van der Waals surface area contributed by atoms with Gasteiger partial charge in [-0.15, -0.1) is 0 Å². The molecule has 72 valence electrons. The van der Waals surface area contributed by atoms with Crippen molar-refractivity contribution in [3.63, 3.8) is 0 Å². The van der Waals surface area contributed by atoms with Crippen LogP contribution in [0.25, 0.3) is 0 Å². The summed E-state index contributed by atoms with van der Waals surface area (Å²) < 4.78 is 1.61. The third-order valence-electron chi connectivity index (χ3n) is 1.66. The molecule has 0 bridgehead atoms. The molecule has 0 amide bonds. The highest BCUT2D eigenvalue weighted by atomic mass is 16.4. The Hall–Kier alpha value is -1.36. The molecule has 1 aromatic rings. The average Bonchev–Trinajstić information content (AvgIpc) is 2.52. The van der Waals surface area contributed by atoms with E-state index in [9.17, 15) is 4.79 Å². The maximum atomic E-state index is 10.4. The summed E-state index contributed by atoms with van der Waals surface area (Å²) in [4.78, 5) is 10.4. The van der Waals surface area contributed by atoms with E-state index in [0.29, 0.717) is 5.56 Å². The predicted octanol–water partition coefficient (Wildman–Crippen LogP) is 0.411. The van der Waals surface area contributed by atoms with Crippen molar-refractivity contribution in [3.8, 4) is 0 Å². The Morgan fingerprint density at radius 2 is 2.46 bits per heavy atom. The van der Waals surface area contributed by atoms with Crippen LogP contribution in [-0.4, -0.2) is 26.0 Å². The lowest BCUT2D eigenvalue weighted by atomic mass is 10.2. The Morgan fingerprint density at radius 3 is 3.00 bits per heavy atom. The zero-order chi connectivity index (χ0) is 9.84. The molecule has 0 aromatic carbocycles. The first kappa shape index (κ1) is 9.73. The Bertz CT molecular complexity index is 295. The lowest BCUT2D eigenvalue weighted by Gasteiger charge is -2.00. The second-order valence-electron chi connectivity index (χ2n) is 2.78. The maximum absolute atomic E-state index is 10.4. The van der Waals surface area contributed by atoms with Crippen molar-refractivity contribution in [1.82, 2.24) is 9.78 Å². The highest BCUT2D eigenvalue weighted by molar-refractivity contribution is 5.73. The summed E-state index contributed by atoms with van der Waals surface area (Å²) >= 11 is 0. The largest absolute Gasteiger partial charge is 0.479 e. The summed E-state index contributed by atoms with van der Waals surface area (Å²) in [6.45, 7) is 2.72. The number of carboxylic acid groups (broad SMARTS) is 1. The zero-order valence-corrected chi connectivity index (χ0v) is 7.34. The monoisotopic (exact) mass is 184 g/mol. The van der Waals surface area contributed by atoms with E-state index in [0.717, 1.165) is 13.0 Å². The van der Waals surface area contributed by atoms with Gasteiger partial charge in [-0.1, -0.05) is 6.92 Å². The molecule has 5 nitrogen and oxygen atoms in total. The van der Waals surface area contributed by atoms with Gasteiger partial charge in [-0.25, -0.2) is 4.79 Å². The van der Waals surface area contributed by atoms with Crippen LogP contribution in [0.4, 0.5) is 0 Å². The number of aromatic nitrogens is 2. The van der Waals surface area contributed by atoms with Crippen LogP contribution < -0.4 is 0 Å². The van der Waals surface area contributed by atoms with E-state index in [1.54, 1.807) is 10.9 Å². The smallest absolute Gasteiger partial charge is 0.337 e. The van der Waals surface area contributed by atoms with Gasteiger partial charge in [-0.05, 0) is 6.42 Å². The van der Waals surface area contributed by atoms with E-state index in [2.05, 4.69) is 5.10 Å². The fourth-order valence-electron chi connectivity index (χ4n) is 1.01. The van der Waals surface area contributed by atoms with E-state index in [4.69, 9.17) is 10.2 Å². The van der Waals surface area contributed by atoms with Gasteiger partial charge in [0.05, 0.1) is 6.20 Å². The number of nitrogens with zero attached hydrogens (tertiary/aromatic N) is 2. The van der Waals surface area contributed by atoms with Crippen molar-refractivity contribution >= 4 is 5.97 Å². The minimum absolute atomic E-state index is 0.320. The summed E-state index contributed by atoms with van der Waals surface area (Å²) in [5.41, 5.74) is 0.320. The van der Waals surface area contributed by atoms with Crippen LogP contribution in [0, 0.1) is 0 Å². The van der Waals surface area contributed by atoms with Crippen LogP contribution in [0.5, 0.6) is 0 Å². The number of aliphatic carboxylic acids is 1. The summed E-state index contributed by atoms with van der Waals surface area (Å²) in [5.74, 6) is -1.25. The van der Waals surface area contributed by atoms with E-state index in [1.807, 2.05) is 6.92 Å². The van der Waals surface area contributed by atoms with Gasteiger partial charge in [0.1, 0.15) is 0 Å². The molecule has 1 aromatic heterocycles. The molecule has 0 fully saturated rings. The number of aliphatic hydroxyl groups is 1. The number of hydrogen-bond acceptors (Lipinski definition) is 3. The molecule has 0 spiro atoms. The summed E-state index contributed by atoms with van der Waals surface area (Å²) in [7, 11) is 0. The summed E-state index contributed by atoms with van der Waals surface area (Å²) in [6, 6.07) is 0. The predicted molar refractivity (Wildman–Crippen MR) is 45.1 cm³/mol. The van der Waals surface area contributed by atoms with Crippen LogP contribution in [-0.2, 0) is 11.3 Å². The molecular formula is C8H12N2O3. The Morgan fingerprint density at radius 1 is 1.77 bits per heavy atom. The molecule has 13 heavy (non-hydrogen) atoms. The first-order valence-electron chi connectivity index (χ1n) is 4.08. The van der Waals surface area contributed by atoms with Crippen molar-refractivity contribution in [1.29, 1.82) is 0 Å². The molecule has 2 N–H and O–H groups in total. The number of hydrogen-bond donors (Lipinski definition) is 2. The Kier molecular flexibility index (Phi) is 3.02. The van der Waals surface area contributed by atoms with Gasteiger partial charge in [0, 0.05) is 18.3 Å². The zero-order valence-electron chi connectivity index (χ0n) is 7.34. The van der Waals surface area contributed by atoms with Crippen molar-refractivity contribution in [3.05, 3.63) is 18.0 Å². The first-order valence-corrected chi connectivity index (χ1v) is 4.08. The van der Waals surface area contributed by atoms with Crippen LogP contribution in [0.1, 0.15) is 25.0 Å². The van der Waals surface area contributed by atoms with Crippen molar-refractivity contribution in [2.75, 3.05) is 0 Å². The van der Waals surface area contributed by atoms with Gasteiger partial charge in [0.15, 0.2) is 6.10 Å². The Balaban J connectivity index is 2.73. The van der Waals surface area contributed by atoms with Gasteiger partial charge < -0.3 is 10.2 Å². The van der Waals surface area contributed by atoms with Gasteiger partial charge in [-0.3, -0.25) is 4.68 Å². The van der Waals surface area contributed by atoms with Crippen molar-refractivity contribution < 1.29 is 15.0 Å². The summed E-state index contributed by atoms with van der Waals surface area (Å²) in [5, 5.41) is 21.5. The highest BCUT2D eigenvalue weighted by Crippen LogP contribution is 2.11. The standard InChI is InChI=1S/C8H12N2O3/c1-2-3-10-5-6(4-9-10)7(11)8(12)13/h4-5,7,11H,2-3H2,1H3,(H,12,13). The highest BCUT2D eigenvalue weighted by Gasteiger charge is 2.17. The molecule has 1 unspecified atom stereocenters. The number of aliphatic hydroxyl groups excluding tert-OH is 1. The molecule has 1 atom stereocenters. The number of carboxylic acids is 1. The lowest BCUT2D eigenvalue weighted by molar-refractivity contribution is -0.146. The minimum Gasteiger partial charge on any atom is -0.479 e. The van der Waals surface area contributed by atoms with E-state index >= 15 is 0 Å². The Labute approximate surface area is 75.6 Å². The molecule has 0 saturated carbocycles. The third-order valence-corrected chi connectivity index (χ3v) is 1.66. The molecule has 0 radical (unpaired) electrons. The lowest BCUT2D eigenvalue weighted by Crippen LogP contribution is -2.09. The molecule has 0 saturated heterocycles. The third kappa shape index (κ3) is 2.29. The topological polar surface area (TPSA) is 75.4 Å². The average molecular weight is 184 g/mol. The quantitative estimate of drug-likeness (QED) is 0.710. The van der Waals surface area contributed by atoms with Gasteiger partial charge in [0.2, 0.25) is 0 Å². The van der Waals surface area contributed by atoms with E-state index < -0.39 is 12.1 Å². The molecule has 1 heterocycles. The van der Waals surface area contributed by atoms with Crippen LogP contribution >= 0.6 is 0 Å². The normalized spacial score (nSPS) is 12.8. The maximum Gasteiger partial charge on any atom is 0.337 e. The fourth-order valence-corrected chi connectivity index (χ4v) is 1.01. The SMILES string of the molecule is CCCn1cc(C(O)C(=O)O)cn1. The van der Waals surface area contributed by atoms with Gasteiger partial charge >= 0.3 is 5.97 Å². The first-order chi connectivity index (χ1) is 6.15. The van der Waals surface area contributed by atoms with Crippen LogP contribution in [0.3, 0.4) is 0 Å². The molecule has 5 heteroatoms. The van der Waals surface area contributed by atoms with E-state index in [-0.39, 0.29) is 0 Å². The summed E-state index contributed by atoms with van der Waals surface area (Å²) in [6.07, 6.45) is 2.37. The van der Waals surface area contributed by atoms with Gasteiger partial charge in [0.25, 0.3) is 0 Å². The number of aryl methyl sites for hydroxylation is 1. The molecular weight excluding hydrogens is 172 g/mol. The second-order valence-corrected chi connectivity index (χ2v) is 2.78. The van der Waals surface area contributed by atoms with Crippen LogP contribution in [0.2, 0.25) is 0 Å². The number of carbonyl (C=O) groups is 1. The molecule has 1 rings (SSSR count). The molecule has 0 aliphatic heterocycles. The second kappa shape index (κ2) is 4.04. The van der Waals surface area contributed by atoms with Gasteiger partial charge in [-0.2, -0.15) is 5.10 Å². The van der Waals surface area contributed by atoms with Crippen molar-refractivity contribution in [2.45, 2.75) is 26.0 Å². The number of rotatable bonds is 4. The fraction of sp³-hybridized carbons (Fsp3) is 0.500.